The van der Waals surface area contributed by atoms with Crippen molar-refractivity contribution in [1.82, 2.24) is 4.83 Å². The van der Waals surface area contributed by atoms with E-state index >= 15 is 0 Å². The van der Waals surface area contributed by atoms with Crippen molar-refractivity contribution in [1.29, 1.82) is 0 Å². The summed E-state index contributed by atoms with van der Waals surface area (Å²) in [6.07, 6.45) is 1.19. The van der Waals surface area contributed by atoms with Crippen LogP contribution in [0.4, 0.5) is 4.39 Å². The minimum atomic E-state index is -3.86. The Balaban J connectivity index is 2.16. The predicted octanol–water partition coefficient (Wildman–Crippen LogP) is 3.44. The van der Waals surface area contributed by atoms with Crippen molar-refractivity contribution in [2.24, 2.45) is 5.10 Å². The number of hydrazone groups is 1. The van der Waals surface area contributed by atoms with Crippen LogP contribution >= 0.6 is 23.2 Å². The van der Waals surface area contributed by atoms with Gasteiger partial charge in [0.2, 0.25) is 0 Å². The van der Waals surface area contributed by atoms with Crippen LogP contribution in [0.15, 0.2) is 52.5 Å². The van der Waals surface area contributed by atoms with Crippen molar-refractivity contribution in [3.8, 4) is 0 Å². The van der Waals surface area contributed by atoms with Crippen LogP contribution in [0.3, 0.4) is 0 Å². The maximum atomic E-state index is 12.9. The first-order valence-electron chi connectivity index (χ1n) is 5.64. The van der Waals surface area contributed by atoms with Gasteiger partial charge in [0.15, 0.2) is 0 Å². The molecule has 0 aliphatic rings. The fourth-order valence-electron chi connectivity index (χ4n) is 1.45. The highest BCUT2D eigenvalue weighted by atomic mass is 35.5. The standard InChI is InChI=1S/C13H9Cl2FN2O2S/c14-12-5-4-11(7-13(12)15)21(19,20)18-17-8-9-2-1-3-10(16)6-9/h1-8,18H/b17-8+. The van der Waals surface area contributed by atoms with Gasteiger partial charge in [0, 0.05) is 0 Å². The summed E-state index contributed by atoms with van der Waals surface area (Å²) < 4.78 is 36.9. The summed E-state index contributed by atoms with van der Waals surface area (Å²) in [7, 11) is -3.86. The summed E-state index contributed by atoms with van der Waals surface area (Å²) in [4.78, 5) is 1.93. The lowest BCUT2D eigenvalue weighted by atomic mass is 10.2. The number of sulfonamides is 1. The monoisotopic (exact) mass is 346 g/mol. The summed E-state index contributed by atoms with van der Waals surface area (Å²) in [6.45, 7) is 0. The van der Waals surface area contributed by atoms with Crippen molar-refractivity contribution < 1.29 is 12.8 Å². The van der Waals surface area contributed by atoms with Crippen LogP contribution in [-0.4, -0.2) is 14.6 Å². The Morgan fingerprint density at radius 1 is 1.10 bits per heavy atom. The lowest BCUT2D eigenvalue weighted by Crippen LogP contribution is -2.18. The van der Waals surface area contributed by atoms with Gasteiger partial charge in [-0.25, -0.2) is 9.22 Å². The Kier molecular flexibility index (Phi) is 4.82. The molecule has 0 heterocycles. The van der Waals surface area contributed by atoms with E-state index < -0.39 is 15.8 Å². The Bertz CT molecular complexity index is 795. The molecular formula is C13H9Cl2FN2O2S. The van der Waals surface area contributed by atoms with Gasteiger partial charge in [-0.05, 0) is 35.9 Å². The van der Waals surface area contributed by atoms with Crippen LogP contribution in [0.25, 0.3) is 0 Å². The van der Waals surface area contributed by atoms with Crippen molar-refractivity contribution >= 4 is 39.4 Å². The highest BCUT2D eigenvalue weighted by Gasteiger charge is 2.14. The minimum Gasteiger partial charge on any atom is -0.207 e. The van der Waals surface area contributed by atoms with Crippen molar-refractivity contribution in [2.45, 2.75) is 4.90 Å². The molecule has 4 nitrogen and oxygen atoms in total. The number of nitrogens with one attached hydrogen (secondary N) is 1. The summed E-state index contributed by atoms with van der Waals surface area (Å²) in [5.74, 6) is -0.439. The zero-order valence-electron chi connectivity index (χ0n) is 10.4. The Morgan fingerprint density at radius 3 is 2.52 bits per heavy atom. The SMILES string of the molecule is O=S(=O)(N/N=C/c1cccc(F)c1)c1ccc(Cl)c(Cl)c1. The van der Waals surface area contributed by atoms with Crippen LogP contribution in [0, 0.1) is 5.82 Å². The molecule has 0 radical (unpaired) electrons. The second kappa shape index (κ2) is 6.43. The first kappa shape index (κ1) is 15.8. The molecule has 2 aromatic carbocycles. The van der Waals surface area contributed by atoms with Gasteiger partial charge in [0.1, 0.15) is 5.82 Å². The minimum absolute atomic E-state index is 0.0757. The smallest absolute Gasteiger partial charge is 0.207 e. The molecule has 0 bridgehead atoms. The second-order valence-corrected chi connectivity index (χ2v) is 6.46. The van der Waals surface area contributed by atoms with Crippen LogP contribution in [0.2, 0.25) is 10.0 Å². The molecule has 0 saturated carbocycles. The summed E-state index contributed by atoms with van der Waals surface area (Å²) >= 11 is 11.5. The molecule has 2 aromatic rings. The maximum absolute atomic E-state index is 12.9. The predicted molar refractivity (Wildman–Crippen MR) is 80.8 cm³/mol. The molecule has 0 atom stereocenters. The number of rotatable bonds is 4. The molecule has 0 spiro atoms. The topological polar surface area (TPSA) is 58.5 Å². The summed E-state index contributed by atoms with van der Waals surface area (Å²) in [5.41, 5.74) is 0.423. The quantitative estimate of drug-likeness (QED) is 0.680. The van der Waals surface area contributed by atoms with Crippen LogP contribution in [0.5, 0.6) is 0 Å². The third-order valence-electron chi connectivity index (χ3n) is 2.44. The van der Waals surface area contributed by atoms with Gasteiger partial charge in [-0.3, -0.25) is 0 Å². The fraction of sp³-hybridized carbons (Fsp3) is 0. The van der Waals surface area contributed by atoms with Crippen LogP contribution in [-0.2, 0) is 10.0 Å². The first-order chi connectivity index (χ1) is 9.88. The van der Waals surface area contributed by atoms with Gasteiger partial charge in [-0.1, -0.05) is 35.3 Å². The van der Waals surface area contributed by atoms with E-state index in [9.17, 15) is 12.8 Å². The Labute approximate surface area is 131 Å². The van der Waals surface area contributed by atoms with E-state index in [4.69, 9.17) is 23.2 Å². The van der Waals surface area contributed by atoms with Crippen LogP contribution < -0.4 is 4.83 Å². The molecule has 0 fully saturated rings. The second-order valence-electron chi connectivity index (χ2n) is 3.98. The maximum Gasteiger partial charge on any atom is 0.276 e. The van der Waals surface area contributed by atoms with E-state index in [1.165, 1.54) is 42.6 Å². The third kappa shape index (κ3) is 4.17. The van der Waals surface area contributed by atoms with E-state index in [0.29, 0.717) is 5.56 Å². The molecule has 0 aliphatic heterocycles. The van der Waals surface area contributed by atoms with Crippen LogP contribution in [0.1, 0.15) is 5.56 Å². The molecule has 0 unspecified atom stereocenters. The van der Waals surface area contributed by atoms with Gasteiger partial charge in [0.25, 0.3) is 10.0 Å². The number of hydrogen-bond acceptors (Lipinski definition) is 3. The molecule has 0 aliphatic carbocycles. The zero-order chi connectivity index (χ0) is 15.5. The lowest BCUT2D eigenvalue weighted by Gasteiger charge is -2.04. The molecule has 0 saturated heterocycles. The number of hydrogen-bond donors (Lipinski definition) is 1. The Hall–Kier alpha value is -1.63. The summed E-state index contributed by atoms with van der Waals surface area (Å²) in [5, 5.41) is 3.95. The molecule has 1 N–H and O–H groups in total. The molecule has 21 heavy (non-hydrogen) atoms. The number of benzene rings is 2. The zero-order valence-corrected chi connectivity index (χ0v) is 12.8. The first-order valence-corrected chi connectivity index (χ1v) is 7.88. The normalized spacial score (nSPS) is 11.8. The van der Waals surface area contributed by atoms with Gasteiger partial charge < -0.3 is 0 Å². The van der Waals surface area contributed by atoms with Gasteiger partial charge in [-0.2, -0.15) is 13.5 Å². The van der Waals surface area contributed by atoms with Crippen molar-refractivity contribution in [3.63, 3.8) is 0 Å². The van der Waals surface area contributed by atoms with Crippen molar-refractivity contribution in [2.75, 3.05) is 0 Å². The van der Waals surface area contributed by atoms with Crippen molar-refractivity contribution in [3.05, 3.63) is 63.9 Å². The number of nitrogens with zero attached hydrogens (tertiary/aromatic N) is 1. The lowest BCUT2D eigenvalue weighted by molar-refractivity contribution is 0.584. The van der Waals surface area contributed by atoms with Gasteiger partial charge >= 0.3 is 0 Å². The van der Waals surface area contributed by atoms with E-state index in [2.05, 4.69) is 5.10 Å². The van der Waals surface area contributed by atoms with E-state index in [-0.39, 0.29) is 14.9 Å². The molecular weight excluding hydrogens is 338 g/mol. The third-order valence-corrected chi connectivity index (χ3v) is 4.40. The van der Waals surface area contributed by atoms with E-state index in [0.717, 1.165) is 0 Å². The number of halogens is 3. The highest BCUT2D eigenvalue weighted by molar-refractivity contribution is 7.89. The molecule has 0 amide bonds. The average Bonchev–Trinajstić information content (AvgIpc) is 2.41. The van der Waals surface area contributed by atoms with E-state index in [1.54, 1.807) is 6.07 Å². The Morgan fingerprint density at radius 2 is 1.86 bits per heavy atom. The molecule has 2 rings (SSSR count). The van der Waals surface area contributed by atoms with E-state index in [1.807, 2.05) is 4.83 Å². The van der Waals surface area contributed by atoms with Gasteiger partial charge in [-0.15, -0.1) is 0 Å². The molecule has 8 heteroatoms. The summed E-state index contributed by atoms with van der Waals surface area (Å²) in [6, 6.07) is 9.45. The fourth-order valence-corrected chi connectivity index (χ4v) is 2.63. The van der Waals surface area contributed by atoms with Gasteiger partial charge in [0.05, 0.1) is 21.2 Å². The average molecular weight is 347 g/mol. The highest BCUT2D eigenvalue weighted by Crippen LogP contribution is 2.24. The largest absolute Gasteiger partial charge is 0.276 e. The molecule has 110 valence electrons. The molecule has 0 aromatic heterocycles.